The molecule has 16 heavy (non-hydrogen) atoms. The molecule has 0 spiro atoms. The van der Waals surface area contributed by atoms with E-state index >= 15 is 0 Å². The highest BCUT2D eigenvalue weighted by Gasteiger charge is 2.04. The molecule has 3 heteroatoms. The third-order valence-corrected chi connectivity index (χ3v) is 2.25. The van der Waals surface area contributed by atoms with Crippen LogP contribution in [-0.2, 0) is 6.54 Å². The summed E-state index contributed by atoms with van der Waals surface area (Å²) in [7, 11) is 0. The zero-order chi connectivity index (χ0) is 12.0. The zero-order valence-electron chi connectivity index (χ0n) is 10.2. The summed E-state index contributed by atoms with van der Waals surface area (Å²) in [5.41, 5.74) is 2.27. The monoisotopic (exact) mass is 225 g/mol. The summed E-state index contributed by atoms with van der Waals surface area (Å²) in [5.74, 6) is 0.774. The van der Waals surface area contributed by atoms with E-state index in [9.17, 15) is 4.39 Å². The van der Waals surface area contributed by atoms with Gasteiger partial charge in [-0.3, -0.25) is 0 Å². The minimum atomic E-state index is -0.453. The third-order valence-electron chi connectivity index (χ3n) is 2.25. The maximum Gasteiger partial charge on any atom is 0.123 e. The van der Waals surface area contributed by atoms with Gasteiger partial charge in [-0.25, -0.2) is 4.39 Å². The lowest BCUT2D eigenvalue weighted by molar-refractivity contribution is 0.270. The fourth-order valence-corrected chi connectivity index (χ4v) is 1.45. The Morgan fingerprint density at radius 1 is 1.38 bits per heavy atom. The van der Waals surface area contributed by atoms with Gasteiger partial charge in [0.2, 0.25) is 0 Å². The van der Waals surface area contributed by atoms with Gasteiger partial charge in [0.05, 0.1) is 0 Å². The van der Waals surface area contributed by atoms with Crippen molar-refractivity contribution in [3.05, 3.63) is 29.3 Å². The van der Waals surface area contributed by atoms with Crippen molar-refractivity contribution in [3.63, 3.8) is 0 Å². The second-order valence-electron chi connectivity index (χ2n) is 4.18. The van der Waals surface area contributed by atoms with Crippen LogP contribution in [0.4, 0.5) is 4.39 Å². The predicted octanol–water partition coefficient (Wildman–Crippen LogP) is 2.84. The van der Waals surface area contributed by atoms with Crippen LogP contribution in [0.3, 0.4) is 0 Å². The SMILES string of the molecule is Cc1ccc(OCCF)c(CNC(C)C)c1. The van der Waals surface area contributed by atoms with Crippen molar-refractivity contribution in [1.82, 2.24) is 5.32 Å². The molecule has 0 atom stereocenters. The van der Waals surface area contributed by atoms with Crippen LogP contribution in [0.25, 0.3) is 0 Å². The number of hydrogen-bond donors (Lipinski definition) is 1. The molecule has 0 aliphatic carbocycles. The highest BCUT2D eigenvalue weighted by Crippen LogP contribution is 2.20. The first-order valence-electron chi connectivity index (χ1n) is 5.65. The lowest BCUT2D eigenvalue weighted by atomic mass is 10.1. The van der Waals surface area contributed by atoms with Crippen LogP contribution in [0.15, 0.2) is 18.2 Å². The predicted molar refractivity (Wildman–Crippen MR) is 64.6 cm³/mol. The highest BCUT2D eigenvalue weighted by atomic mass is 19.1. The molecule has 0 aliphatic heterocycles. The molecule has 0 saturated carbocycles. The molecule has 0 fully saturated rings. The molecule has 0 unspecified atom stereocenters. The van der Waals surface area contributed by atoms with Gasteiger partial charge in [0, 0.05) is 18.2 Å². The topological polar surface area (TPSA) is 21.3 Å². The molecule has 2 nitrogen and oxygen atoms in total. The largest absolute Gasteiger partial charge is 0.491 e. The Balaban J connectivity index is 2.72. The molecular formula is C13H20FNO. The van der Waals surface area contributed by atoms with E-state index in [0.717, 1.165) is 17.9 Å². The molecular weight excluding hydrogens is 205 g/mol. The van der Waals surface area contributed by atoms with E-state index in [1.807, 2.05) is 19.1 Å². The molecule has 1 aromatic carbocycles. The van der Waals surface area contributed by atoms with Crippen LogP contribution >= 0.6 is 0 Å². The number of alkyl halides is 1. The minimum absolute atomic E-state index is 0.123. The maximum atomic E-state index is 12.1. The van der Waals surface area contributed by atoms with Crippen molar-refractivity contribution in [2.75, 3.05) is 13.3 Å². The molecule has 90 valence electrons. The van der Waals surface area contributed by atoms with Crippen molar-refractivity contribution in [1.29, 1.82) is 0 Å². The van der Waals surface area contributed by atoms with Crippen LogP contribution in [0.1, 0.15) is 25.0 Å². The van der Waals surface area contributed by atoms with Crippen molar-refractivity contribution in [3.8, 4) is 5.75 Å². The summed E-state index contributed by atoms with van der Waals surface area (Å²) in [6.07, 6.45) is 0. The number of benzene rings is 1. The number of halogens is 1. The quantitative estimate of drug-likeness (QED) is 0.803. The van der Waals surface area contributed by atoms with E-state index in [4.69, 9.17) is 4.74 Å². The number of nitrogens with one attached hydrogen (secondary N) is 1. The van der Waals surface area contributed by atoms with E-state index in [1.165, 1.54) is 5.56 Å². The molecule has 0 aliphatic rings. The Bertz CT molecular complexity index is 326. The summed E-state index contributed by atoms with van der Waals surface area (Å²) in [4.78, 5) is 0. The van der Waals surface area contributed by atoms with Crippen molar-refractivity contribution < 1.29 is 9.13 Å². The molecule has 0 bridgehead atoms. The number of hydrogen-bond acceptors (Lipinski definition) is 2. The van der Waals surface area contributed by atoms with Crippen molar-refractivity contribution >= 4 is 0 Å². The van der Waals surface area contributed by atoms with Gasteiger partial charge in [0.15, 0.2) is 0 Å². The lowest BCUT2D eigenvalue weighted by Gasteiger charge is -2.13. The van der Waals surface area contributed by atoms with E-state index in [1.54, 1.807) is 0 Å². The maximum absolute atomic E-state index is 12.1. The first-order valence-corrected chi connectivity index (χ1v) is 5.65. The normalized spacial score (nSPS) is 10.8. The third kappa shape index (κ3) is 4.19. The summed E-state index contributed by atoms with van der Waals surface area (Å²) in [6, 6.07) is 6.38. The Morgan fingerprint density at radius 2 is 2.12 bits per heavy atom. The number of rotatable bonds is 6. The van der Waals surface area contributed by atoms with Crippen LogP contribution in [0.5, 0.6) is 5.75 Å². The first-order chi connectivity index (χ1) is 7.63. The van der Waals surface area contributed by atoms with Crippen molar-refractivity contribution in [2.24, 2.45) is 0 Å². The molecule has 0 heterocycles. The lowest BCUT2D eigenvalue weighted by Crippen LogP contribution is -2.22. The molecule has 1 aromatic rings. The van der Waals surface area contributed by atoms with Crippen LogP contribution in [0, 0.1) is 6.92 Å². The second-order valence-corrected chi connectivity index (χ2v) is 4.18. The summed E-state index contributed by atoms with van der Waals surface area (Å²) >= 11 is 0. The second kappa shape index (κ2) is 6.48. The van der Waals surface area contributed by atoms with E-state index in [0.29, 0.717) is 6.04 Å². The van der Waals surface area contributed by atoms with E-state index in [-0.39, 0.29) is 6.61 Å². The molecule has 1 N–H and O–H groups in total. The first kappa shape index (κ1) is 13.0. The van der Waals surface area contributed by atoms with Crippen LogP contribution in [0.2, 0.25) is 0 Å². The average Bonchev–Trinajstić information content (AvgIpc) is 2.25. The summed E-state index contributed by atoms with van der Waals surface area (Å²) in [5, 5.41) is 3.33. The fourth-order valence-electron chi connectivity index (χ4n) is 1.45. The Labute approximate surface area is 96.8 Å². The smallest absolute Gasteiger partial charge is 0.123 e. The summed E-state index contributed by atoms with van der Waals surface area (Å²) < 4.78 is 17.4. The minimum Gasteiger partial charge on any atom is -0.491 e. The number of aryl methyl sites for hydroxylation is 1. The van der Waals surface area contributed by atoms with E-state index in [2.05, 4.69) is 25.2 Å². The van der Waals surface area contributed by atoms with Gasteiger partial charge in [-0.1, -0.05) is 31.5 Å². The fraction of sp³-hybridized carbons (Fsp3) is 0.538. The van der Waals surface area contributed by atoms with Crippen LogP contribution < -0.4 is 10.1 Å². The van der Waals surface area contributed by atoms with Gasteiger partial charge in [0.1, 0.15) is 19.0 Å². The van der Waals surface area contributed by atoms with Gasteiger partial charge in [-0.05, 0) is 13.0 Å². The van der Waals surface area contributed by atoms with E-state index < -0.39 is 6.67 Å². The van der Waals surface area contributed by atoms with Gasteiger partial charge < -0.3 is 10.1 Å². The number of ether oxygens (including phenoxy) is 1. The van der Waals surface area contributed by atoms with Gasteiger partial charge in [-0.15, -0.1) is 0 Å². The zero-order valence-corrected chi connectivity index (χ0v) is 10.2. The van der Waals surface area contributed by atoms with Crippen LogP contribution in [-0.4, -0.2) is 19.3 Å². The molecule has 0 aromatic heterocycles. The standard InChI is InChI=1S/C13H20FNO/c1-10(2)15-9-12-8-11(3)4-5-13(12)16-7-6-14/h4-5,8,10,15H,6-7,9H2,1-3H3. The molecule has 1 rings (SSSR count). The Morgan fingerprint density at radius 3 is 2.75 bits per heavy atom. The van der Waals surface area contributed by atoms with Gasteiger partial charge in [-0.2, -0.15) is 0 Å². The summed E-state index contributed by atoms with van der Waals surface area (Å²) in [6.45, 7) is 6.65. The molecule has 0 amide bonds. The molecule has 0 radical (unpaired) electrons. The van der Waals surface area contributed by atoms with Gasteiger partial charge in [0.25, 0.3) is 0 Å². The highest BCUT2D eigenvalue weighted by molar-refractivity contribution is 5.36. The average molecular weight is 225 g/mol. The Hall–Kier alpha value is -1.09. The van der Waals surface area contributed by atoms with Crippen molar-refractivity contribution in [2.45, 2.75) is 33.4 Å². The Kier molecular flexibility index (Phi) is 5.26. The van der Waals surface area contributed by atoms with Gasteiger partial charge >= 0.3 is 0 Å². The molecule has 0 saturated heterocycles.